The Morgan fingerprint density at radius 1 is 1.05 bits per heavy atom. The van der Waals surface area contributed by atoms with Crippen molar-refractivity contribution in [2.45, 2.75) is 6.42 Å². The van der Waals surface area contributed by atoms with Crippen molar-refractivity contribution in [1.29, 1.82) is 0 Å². The summed E-state index contributed by atoms with van der Waals surface area (Å²) >= 11 is 12.7. The molecule has 2 aromatic heterocycles. The molecule has 0 aliphatic carbocycles. The monoisotopic (exact) mass is 539 g/mol. The molecule has 0 atom stereocenters. The van der Waals surface area contributed by atoms with E-state index in [9.17, 15) is 4.79 Å². The predicted molar refractivity (Wildman–Crippen MR) is 147 cm³/mol. The second-order valence-corrected chi connectivity index (χ2v) is 9.72. The Morgan fingerprint density at radius 2 is 1.76 bits per heavy atom. The van der Waals surface area contributed by atoms with Crippen LogP contribution in [-0.4, -0.2) is 58.9 Å². The number of hydrogen-bond donors (Lipinski definition) is 1. The van der Waals surface area contributed by atoms with Crippen LogP contribution in [0.2, 0.25) is 10.0 Å². The third-order valence-corrected chi connectivity index (χ3v) is 7.07. The minimum Gasteiger partial charge on any atom is -0.492 e. The first-order valence-corrected chi connectivity index (χ1v) is 12.8. The van der Waals surface area contributed by atoms with Gasteiger partial charge in [-0.05, 0) is 35.9 Å². The van der Waals surface area contributed by atoms with Gasteiger partial charge in [0.15, 0.2) is 0 Å². The van der Waals surface area contributed by atoms with Gasteiger partial charge in [0.1, 0.15) is 29.6 Å². The molecule has 1 aliphatic rings. The smallest absolute Gasteiger partial charge is 0.259 e. The highest BCUT2D eigenvalue weighted by Crippen LogP contribution is 2.34. The van der Waals surface area contributed by atoms with E-state index in [2.05, 4.69) is 14.9 Å². The number of morpholine rings is 1. The van der Waals surface area contributed by atoms with Crippen LogP contribution >= 0.6 is 23.2 Å². The summed E-state index contributed by atoms with van der Waals surface area (Å²) < 4.78 is 12.7. The molecule has 1 aliphatic heterocycles. The number of nitrogen functional groups attached to an aromatic ring is 1. The zero-order chi connectivity index (χ0) is 25.9. The largest absolute Gasteiger partial charge is 0.492 e. The lowest BCUT2D eigenvalue weighted by molar-refractivity contribution is 0.0322. The summed E-state index contributed by atoms with van der Waals surface area (Å²) in [5.41, 5.74) is 8.31. The first-order valence-electron chi connectivity index (χ1n) is 12.0. The van der Waals surface area contributed by atoms with Crippen LogP contribution in [0.4, 0.5) is 5.82 Å². The van der Waals surface area contributed by atoms with E-state index in [1.165, 1.54) is 4.57 Å². The van der Waals surface area contributed by atoms with Gasteiger partial charge in [-0.15, -0.1) is 0 Å². The minimum atomic E-state index is -0.273. The Balaban J connectivity index is 1.34. The lowest BCUT2D eigenvalue weighted by Crippen LogP contribution is -2.38. The SMILES string of the molecule is Cn1c(=O)c(-c2c(Cl)cccc2Cl)cc2c(N)nc(Cc3ccc(OCCN4CCOCC4)cc3)nc21. The van der Waals surface area contributed by atoms with Crippen LogP contribution in [0.3, 0.4) is 0 Å². The van der Waals surface area contributed by atoms with E-state index in [4.69, 9.17) is 38.4 Å². The number of aryl methyl sites for hydroxylation is 1. The number of nitrogens with two attached hydrogens (primary N) is 1. The predicted octanol–water partition coefficient (Wildman–Crippen LogP) is 4.19. The second kappa shape index (κ2) is 11.1. The van der Waals surface area contributed by atoms with Crippen molar-refractivity contribution < 1.29 is 9.47 Å². The van der Waals surface area contributed by atoms with E-state index in [1.807, 2.05) is 24.3 Å². The number of fused-ring (bicyclic) bond motifs is 1. The summed E-state index contributed by atoms with van der Waals surface area (Å²) in [6.45, 7) is 4.94. The third-order valence-electron chi connectivity index (χ3n) is 6.44. The molecule has 8 nitrogen and oxygen atoms in total. The molecule has 2 aromatic carbocycles. The fourth-order valence-corrected chi connectivity index (χ4v) is 5.02. The molecule has 0 bridgehead atoms. The number of hydrogen-bond acceptors (Lipinski definition) is 7. The fourth-order valence-electron chi connectivity index (χ4n) is 4.42. The molecule has 2 N–H and O–H groups in total. The molecular formula is C27H27Cl2N5O3. The number of nitrogens with zero attached hydrogens (tertiary/aromatic N) is 4. The highest BCUT2D eigenvalue weighted by atomic mass is 35.5. The van der Waals surface area contributed by atoms with Crippen LogP contribution in [0.25, 0.3) is 22.2 Å². The zero-order valence-corrected chi connectivity index (χ0v) is 21.9. The standard InChI is InChI=1S/C27H27Cl2N5O3/c1-33-26-20(16-19(27(33)35)24-21(28)3-2-4-22(24)29)25(30)31-23(32-26)15-17-5-7-18(8-6-17)37-14-11-34-9-12-36-13-10-34/h2-8,16H,9-15H2,1H3,(H2,30,31,32). The van der Waals surface area contributed by atoms with E-state index in [0.717, 1.165) is 44.2 Å². The molecule has 5 rings (SSSR count). The van der Waals surface area contributed by atoms with Gasteiger partial charge in [0.05, 0.1) is 34.2 Å². The van der Waals surface area contributed by atoms with Crippen molar-refractivity contribution in [2.75, 3.05) is 45.2 Å². The highest BCUT2D eigenvalue weighted by molar-refractivity contribution is 6.39. The molecule has 3 heterocycles. The number of aromatic nitrogens is 3. The van der Waals surface area contributed by atoms with E-state index in [0.29, 0.717) is 51.1 Å². The molecule has 1 fully saturated rings. The normalized spacial score (nSPS) is 14.2. The number of ether oxygens (including phenoxy) is 2. The van der Waals surface area contributed by atoms with Gasteiger partial charge < -0.3 is 15.2 Å². The molecule has 37 heavy (non-hydrogen) atoms. The molecule has 0 amide bonds. The van der Waals surface area contributed by atoms with E-state index in [1.54, 1.807) is 31.3 Å². The van der Waals surface area contributed by atoms with E-state index in [-0.39, 0.29) is 11.4 Å². The number of rotatable bonds is 7. The maximum absolute atomic E-state index is 13.2. The molecule has 1 saturated heterocycles. The Labute approximate surface area is 224 Å². The molecule has 0 unspecified atom stereocenters. The third kappa shape index (κ3) is 5.57. The molecule has 4 aromatic rings. The second-order valence-electron chi connectivity index (χ2n) is 8.90. The van der Waals surface area contributed by atoms with Crippen LogP contribution in [0.5, 0.6) is 5.75 Å². The quantitative estimate of drug-likeness (QED) is 0.376. The number of pyridine rings is 1. The fraction of sp³-hybridized carbons (Fsp3) is 0.296. The molecule has 0 spiro atoms. The Hall–Kier alpha value is -3.17. The van der Waals surface area contributed by atoms with Gasteiger partial charge in [0.2, 0.25) is 0 Å². The van der Waals surface area contributed by atoms with Crippen molar-refractivity contribution in [3.63, 3.8) is 0 Å². The lowest BCUT2D eigenvalue weighted by Gasteiger charge is -2.26. The van der Waals surface area contributed by atoms with E-state index >= 15 is 0 Å². The molecule has 0 saturated carbocycles. The summed E-state index contributed by atoms with van der Waals surface area (Å²) in [4.78, 5) is 24.7. The summed E-state index contributed by atoms with van der Waals surface area (Å²) in [6, 6.07) is 14.6. The minimum absolute atomic E-state index is 0.273. The van der Waals surface area contributed by atoms with Crippen molar-refractivity contribution >= 4 is 40.1 Å². The average Bonchev–Trinajstić information content (AvgIpc) is 2.89. The van der Waals surface area contributed by atoms with Crippen LogP contribution in [0.1, 0.15) is 11.4 Å². The maximum Gasteiger partial charge on any atom is 0.259 e. The van der Waals surface area contributed by atoms with Crippen molar-refractivity contribution in [2.24, 2.45) is 7.05 Å². The number of benzene rings is 2. The lowest BCUT2D eigenvalue weighted by atomic mass is 10.1. The van der Waals surface area contributed by atoms with Crippen molar-refractivity contribution in [3.05, 3.63) is 80.3 Å². The average molecular weight is 540 g/mol. The first-order chi connectivity index (χ1) is 17.9. The van der Waals surface area contributed by atoms with Gasteiger partial charge in [0, 0.05) is 38.7 Å². The maximum atomic E-state index is 13.2. The number of anilines is 1. The van der Waals surface area contributed by atoms with Crippen LogP contribution in [0.15, 0.2) is 53.3 Å². The van der Waals surface area contributed by atoms with Crippen molar-refractivity contribution in [3.8, 4) is 16.9 Å². The zero-order valence-electron chi connectivity index (χ0n) is 20.4. The van der Waals surface area contributed by atoms with Crippen LogP contribution in [0, 0.1) is 0 Å². The summed E-state index contributed by atoms with van der Waals surface area (Å²) in [6.07, 6.45) is 0.459. The van der Waals surface area contributed by atoms with Crippen LogP contribution < -0.4 is 16.0 Å². The first kappa shape index (κ1) is 25.5. The number of halogens is 2. The van der Waals surface area contributed by atoms with Gasteiger partial charge in [-0.25, -0.2) is 9.97 Å². The van der Waals surface area contributed by atoms with E-state index < -0.39 is 0 Å². The van der Waals surface area contributed by atoms with Gasteiger partial charge in [-0.1, -0.05) is 41.4 Å². The van der Waals surface area contributed by atoms with Gasteiger partial charge in [-0.3, -0.25) is 14.3 Å². The van der Waals surface area contributed by atoms with Gasteiger partial charge in [0.25, 0.3) is 5.56 Å². The van der Waals surface area contributed by atoms with Gasteiger partial charge in [-0.2, -0.15) is 0 Å². The molecule has 0 radical (unpaired) electrons. The molecule has 192 valence electrons. The summed E-state index contributed by atoms with van der Waals surface area (Å²) in [5, 5.41) is 1.32. The topological polar surface area (TPSA) is 95.5 Å². The summed E-state index contributed by atoms with van der Waals surface area (Å²) in [7, 11) is 1.65. The molecular weight excluding hydrogens is 513 g/mol. The Morgan fingerprint density at radius 3 is 2.46 bits per heavy atom. The Kier molecular flexibility index (Phi) is 7.62. The Bertz CT molecular complexity index is 1460. The van der Waals surface area contributed by atoms with Crippen LogP contribution in [-0.2, 0) is 18.2 Å². The summed E-state index contributed by atoms with van der Waals surface area (Å²) in [5.74, 6) is 1.61. The highest BCUT2D eigenvalue weighted by Gasteiger charge is 2.18. The van der Waals surface area contributed by atoms with Crippen molar-refractivity contribution in [1.82, 2.24) is 19.4 Å². The molecule has 10 heteroatoms. The van der Waals surface area contributed by atoms with Gasteiger partial charge >= 0.3 is 0 Å².